The van der Waals surface area contributed by atoms with Crippen LogP contribution in [0.5, 0.6) is 0 Å². The van der Waals surface area contributed by atoms with Gasteiger partial charge in [-0.3, -0.25) is 38.6 Å². The molecule has 0 unspecified atom stereocenters. The minimum absolute atomic E-state index is 0.368. The lowest BCUT2D eigenvalue weighted by atomic mass is 9.96. The van der Waals surface area contributed by atoms with Crippen LogP contribution in [0.25, 0.3) is 0 Å². The number of aliphatic imine (C=N–C) groups is 1. The molecule has 6 rings (SSSR count). The van der Waals surface area contributed by atoms with Gasteiger partial charge in [-0.2, -0.15) is 0 Å². The summed E-state index contributed by atoms with van der Waals surface area (Å²) in [7, 11) is 0. The number of nitrogens with zero attached hydrogens (tertiary/aromatic N) is 1. The van der Waals surface area contributed by atoms with E-state index in [2.05, 4.69) is 0 Å². The third-order valence-electron chi connectivity index (χ3n) is 11.4. The summed E-state index contributed by atoms with van der Waals surface area (Å²) < 4.78 is 70.9. The first kappa shape index (κ1) is 57.4. The zero-order chi connectivity index (χ0) is 54.9. The van der Waals surface area contributed by atoms with Gasteiger partial charge in [-0.25, -0.2) is 4.79 Å². The smallest absolute Gasteiger partial charge is 0.334 e. The maximum Gasteiger partial charge on any atom is 0.334 e. The number of esters is 8. The molecule has 11 atom stereocenters. The lowest BCUT2D eigenvalue weighted by molar-refractivity contribution is -0.361. The van der Waals surface area contributed by atoms with Gasteiger partial charge in [0.2, 0.25) is 0 Å². The monoisotopic (exact) mass is 1050 g/mol. The van der Waals surface area contributed by atoms with Gasteiger partial charge in [0.25, 0.3) is 0 Å². The van der Waals surface area contributed by atoms with E-state index in [-0.39, 0.29) is 0 Å². The fourth-order valence-electron chi connectivity index (χ4n) is 8.39. The molecule has 0 amide bonds. The Kier molecular flexibility index (Phi) is 20.9. The van der Waals surface area contributed by atoms with Crippen molar-refractivity contribution in [2.24, 2.45) is 4.99 Å². The zero-order valence-electron chi connectivity index (χ0n) is 42.7. The fraction of sp³-hybridized carbons (Fsp3) is 0.400. The molecule has 0 radical (unpaired) electrons. The predicted molar refractivity (Wildman–Crippen MR) is 262 cm³/mol. The topological polar surface area (TPSA) is 260 Å². The van der Waals surface area contributed by atoms with Gasteiger partial charge in [-0.05, 0) is 11.1 Å². The van der Waals surface area contributed by atoms with E-state index in [1.165, 1.54) is 0 Å². The first-order valence-corrected chi connectivity index (χ1v) is 24.1. The molecule has 2 aliphatic rings. The minimum atomic E-state index is -1.91. The zero-order valence-corrected chi connectivity index (χ0v) is 42.7. The number of carbonyl (C=O) groups is 8. The number of rotatable bonds is 21. The summed E-state index contributed by atoms with van der Waals surface area (Å²) in [6.07, 6.45) is -18.1. The van der Waals surface area contributed by atoms with E-state index in [0.29, 0.717) is 28.0 Å². The van der Waals surface area contributed by atoms with Crippen molar-refractivity contribution in [1.82, 2.24) is 0 Å². The van der Waals surface area contributed by atoms with E-state index in [1.807, 2.05) is 48.5 Å². The van der Waals surface area contributed by atoms with E-state index in [0.717, 1.165) is 48.5 Å². The fourth-order valence-corrected chi connectivity index (χ4v) is 8.39. The van der Waals surface area contributed by atoms with Gasteiger partial charge in [0, 0.05) is 59.6 Å². The van der Waals surface area contributed by atoms with Gasteiger partial charge in [0.15, 0.2) is 55.2 Å². The van der Waals surface area contributed by atoms with Crippen LogP contribution >= 0.6 is 0 Å². The van der Waals surface area contributed by atoms with Gasteiger partial charge < -0.3 is 56.8 Å². The van der Waals surface area contributed by atoms with Gasteiger partial charge in [0.1, 0.15) is 31.5 Å². The number of benzene rings is 4. The lowest BCUT2D eigenvalue weighted by Gasteiger charge is -2.48. The highest BCUT2D eigenvalue weighted by Gasteiger charge is 2.58. The van der Waals surface area contributed by atoms with Crippen LogP contribution in [-0.4, -0.2) is 141 Å². The normalized spacial score (nSPS) is 23.3. The van der Waals surface area contributed by atoms with Crippen molar-refractivity contribution in [3.05, 3.63) is 144 Å². The average Bonchev–Trinajstić information content (AvgIpc) is 3.39. The van der Waals surface area contributed by atoms with Crippen LogP contribution in [0.4, 0.5) is 0 Å². The van der Waals surface area contributed by atoms with Crippen molar-refractivity contribution >= 4 is 53.5 Å². The van der Waals surface area contributed by atoms with Crippen molar-refractivity contribution in [1.29, 1.82) is 0 Å². The van der Waals surface area contributed by atoms with E-state index < -0.39 is 141 Å². The molecule has 2 saturated heterocycles. The molecule has 21 heteroatoms. The molecule has 404 valence electrons. The summed E-state index contributed by atoms with van der Waals surface area (Å²) in [6, 6.07) is 34.6. The van der Waals surface area contributed by atoms with E-state index >= 15 is 0 Å². The van der Waals surface area contributed by atoms with Crippen LogP contribution in [0, 0.1) is 0 Å². The van der Waals surface area contributed by atoms with Crippen LogP contribution in [0.1, 0.15) is 76.8 Å². The lowest BCUT2D eigenvalue weighted by Crippen LogP contribution is -2.67. The molecule has 0 aliphatic carbocycles. The van der Waals surface area contributed by atoms with Crippen LogP contribution < -0.4 is 0 Å². The van der Waals surface area contributed by atoms with Gasteiger partial charge in [0.05, 0.1) is 12.3 Å². The molecule has 2 fully saturated rings. The molecule has 0 aromatic heterocycles. The maximum atomic E-state index is 14.9. The number of hydrogen-bond donors (Lipinski definition) is 0. The van der Waals surface area contributed by atoms with Crippen LogP contribution in [0.2, 0.25) is 0 Å². The van der Waals surface area contributed by atoms with Gasteiger partial charge in [-0.15, -0.1) is 0 Å². The SMILES string of the molecule is CC(=O)OC[C@H]1O[C@@H](O[C@H]2[C@H](OC(C)=O)[C@@H](OC(C)=O)[C@H](OC[C@H](N=C(c3ccccc3)c3ccccc3)C(=O)OC(c3ccccc3)c3ccccc3)O[C@@H]2COC(C)=O)[C@H](OC(C)=O)[C@@H](OC(C)=O)[C@H]1OC(C)=O. The number of carbonyl (C=O) groups excluding carboxylic acids is 8. The molecule has 76 heavy (non-hydrogen) atoms. The molecule has 0 bridgehead atoms. The molecular formula is C55H59NO20. The summed E-state index contributed by atoms with van der Waals surface area (Å²) in [5.74, 6) is -7.15. The van der Waals surface area contributed by atoms with Gasteiger partial charge in [-0.1, -0.05) is 121 Å². The molecule has 21 nitrogen and oxygen atoms in total. The third kappa shape index (κ3) is 16.3. The van der Waals surface area contributed by atoms with Crippen LogP contribution in [-0.2, 0) is 95.2 Å². The Hall–Kier alpha value is -7.85. The van der Waals surface area contributed by atoms with Crippen molar-refractivity contribution in [3.63, 3.8) is 0 Å². The Bertz CT molecular complexity index is 2570. The summed E-state index contributed by atoms with van der Waals surface area (Å²) in [5.41, 5.74) is 2.90. The Morgan fingerprint density at radius 2 is 0.816 bits per heavy atom. The van der Waals surface area contributed by atoms with Crippen LogP contribution in [0.3, 0.4) is 0 Å². The first-order valence-electron chi connectivity index (χ1n) is 24.1. The highest BCUT2D eigenvalue weighted by atomic mass is 16.8. The summed E-state index contributed by atoms with van der Waals surface area (Å²) in [5, 5.41) is 0. The molecule has 0 N–H and O–H groups in total. The van der Waals surface area contributed by atoms with Crippen molar-refractivity contribution in [3.8, 4) is 0 Å². The Labute approximate surface area is 437 Å². The molecule has 0 spiro atoms. The second-order valence-electron chi connectivity index (χ2n) is 17.4. The second kappa shape index (κ2) is 27.6. The molecule has 4 aromatic carbocycles. The van der Waals surface area contributed by atoms with Crippen LogP contribution in [0.15, 0.2) is 126 Å². The molecule has 2 aliphatic heterocycles. The third-order valence-corrected chi connectivity index (χ3v) is 11.4. The number of ether oxygens (including phenoxy) is 12. The Morgan fingerprint density at radius 3 is 1.25 bits per heavy atom. The Balaban J connectivity index is 1.45. The molecule has 4 aromatic rings. The largest absolute Gasteiger partial charge is 0.463 e. The maximum absolute atomic E-state index is 14.9. The first-order chi connectivity index (χ1) is 36.4. The van der Waals surface area contributed by atoms with Crippen molar-refractivity contribution in [2.45, 2.75) is 122 Å². The molecular weight excluding hydrogens is 995 g/mol. The highest BCUT2D eigenvalue weighted by Crippen LogP contribution is 2.36. The highest BCUT2D eigenvalue weighted by molar-refractivity contribution is 6.13. The Morgan fingerprint density at radius 1 is 0.447 bits per heavy atom. The quantitative estimate of drug-likeness (QED) is 0.0613. The van der Waals surface area contributed by atoms with E-state index in [9.17, 15) is 38.4 Å². The average molecular weight is 1050 g/mol. The summed E-state index contributed by atoms with van der Waals surface area (Å²) in [4.78, 5) is 109. The van der Waals surface area contributed by atoms with Gasteiger partial charge >= 0.3 is 47.8 Å². The molecule has 0 saturated carbocycles. The predicted octanol–water partition coefficient (Wildman–Crippen LogP) is 4.86. The second-order valence-corrected chi connectivity index (χ2v) is 17.4. The minimum Gasteiger partial charge on any atom is -0.463 e. The summed E-state index contributed by atoms with van der Waals surface area (Å²) >= 11 is 0. The van der Waals surface area contributed by atoms with Crippen molar-refractivity contribution < 1.29 is 95.2 Å². The standard InChI is InChI=1S/C55H59NO20/c1-31(57)65-29-43-47(68-33(3)59)49(69-34(4)60)52(72-37(7)63)55(74-43)76-48-44(30-66-32(2)58)73-54(51(71-36(6)62)50(48)70-35(5)61)67-28-42(56-45(38-20-12-8-13-21-38)39-22-14-9-15-23-39)53(64)75-46(40-24-16-10-17-25-40)41-26-18-11-19-27-41/h8-27,42-44,46-52,54-55H,28-30H2,1-7H3/t42-,43+,44+,47-,48+,49-,50-,51+,52+,54+,55-/m0/s1. The number of hydrogen-bond acceptors (Lipinski definition) is 21. The molecule has 2 heterocycles. The van der Waals surface area contributed by atoms with Crippen molar-refractivity contribution in [2.75, 3.05) is 19.8 Å². The van der Waals surface area contributed by atoms with E-state index in [4.69, 9.17) is 61.8 Å². The summed E-state index contributed by atoms with van der Waals surface area (Å²) in [6.45, 7) is 5.39. The van der Waals surface area contributed by atoms with E-state index in [1.54, 1.807) is 72.8 Å².